The van der Waals surface area contributed by atoms with Crippen molar-refractivity contribution in [3.05, 3.63) is 0 Å². The predicted molar refractivity (Wildman–Crippen MR) is 46.6 cm³/mol. The molecule has 1 rings (SSSR count). The zero-order chi connectivity index (χ0) is 8.48. The van der Waals surface area contributed by atoms with E-state index in [0.29, 0.717) is 11.8 Å². The third kappa shape index (κ3) is 1.26. The van der Waals surface area contributed by atoms with Crippen molar-refractivity contribution in [2.45, 2.75) is 39.7 Å². The number of hydrogen-bond donors (Lipinski definition) is 0. The molecule has 0 aromatic heterocycles. The Kier molecular flexibility index (Phi) is 2.21. The number of hydrogen-bond acceptors (Lipinski definition) is 2. The van der Waals surface area contributed by atoms with Crippen LogP contribution in [-0.4, -0.2) is 11.8 Å². The van der Waals surface area contributed by atoms with Crippen LogP contribution in [-0.2, 0) is 4.84 Å². The first kappa shape index (κ1) is 8.57. The topological polar surface area (TPSA) is 21.6 Å². The molecule has 0 aromatic carbocycles. The first-order valence-corrected chi connectivity index (χ1v) is 4.29. The highest BCUT2D eigenvalue weighted by atomic mass is 16.7. The summed E-state index contributed by atoms with van der Waals surface area (Å²) in [5.74, 6) is 1.06. The number of rotatable bonds is 2. The van der Waals surface area contributed by atoms with Gasteiger partial charge in [0.2, 0.25) is 0 Å². The molecular formula is C9H17NO. The summed E-state index contributed by atoms with van der Waals surface area (Å²) >= 11 is 0. The summed E-state index contributed by atoms with van der Waals surface area (Å²) in [5.41, 5.74) is -0.0278. The van der Waals surface area contributed by atoms with Gasteiger partial charge in [0.25, 0.3) is 0 Å². The molecule has 0 unspecified atom stereocenters. The Labute approximate surface area is 68.6 Å². The van der Waals surface area contributed by atoms with E-state index >= 15 is 0 Å². The highest BCUT2D eigenvalue weighted by Gasteiger charge is 2.41. The van der Waals surface area contributed by atoms with Crippen molar-refractivity contribution in [2.75, 3.05) is 0 Å². The van der Waals surface area contributed by atoms with E-state index in [1.807, 2.05) is 6.21 Å². The molecule has 2 nitrogen and oxygen atoms in total. The highest BCUT2D eigenvalue weighted by Crippen LogP contribution is 2.36. The van der Waals surface area contributed by atoms with E-state index in [1.54, 1.807) is 0 Å². The van der Waals surface area contributed by atoms with Gasteiger partial charge in [-0.1, -0.05) is 32.9 Å². The van der Waals surface area contributed by atoms with E-state index in [2.05, 4.69) is 32.9 Å². The fourth-order valence-electron chi connectivity index (χ4n) is 1.70. The molecule has 1 aliphatic rings. The lowest BCUT2D eigenvalue weighted by Gasteiger charge is -2.34. The van der Waals surface area contributed by atoms with Crippen LogP contribution in [0.15, 0.2) is 5.16 Å². The summed E-state index contributed by atoms with van der Waals surface area (Å²) in [6.07, 6.45) is 2.84. The summed E-state index contributed by atoms with van der Waals surface area (Å²) in [6, 6.07) is 0. The van der Waals surface area contributed by atoms with Crippen molar-refractivity contribution >= 4 is 6.21 Å². The van der Waals surface area contributed by atoms with Gasteiger partial charge in [-0.3, -0.25) is 0 Å². The maximum atomic E-state index is 5.43. The molecule has 1 heterocycles. The Morgan fingerprint density at radius 1 is 1.27 bits per heavy atom. The fraction of sp³-hybridized carbons (Fsp3) is 0.889. The van der Waals surface area contributed by atoms with Crippen LogP contribution in [0, 0.1) is 11.8 Å². The minimum absolute atomic E-state index is 0.0278. The molecule has 0 atom stereocenters. The first-order chi connectivity index (χ1) is 5.09. The molecule has 11 heavy (non-hydrogen) atoms. The maximum Gasteiger partial charge on any atom is 0.147 e. The van der Waals surface area contributed by atoms with Crippen LogP contribution in [0.1, 0.15) is 34.1 Å². The van der Waals surface area contributed by atoms with Crippen molar-refractivity contribution in [3.63, 3.8) is 0 Å². The molecular weight excluding hydrogens is 138 g/mol. The van der Waals surface area contributed by atoms with Gasteiger partial charge in [-0.25, -0.2) is 0 Å². The van der Waals surface area contributed by atoms with Gasteiger partial charge >= 0.3 is 0 Å². The molecule has 0 amide bonds. The average Bonchev–Trinajstić information content (AvgIpc) is 2.34. The zero-order valence-corrected chi connectivity index (χ0v) is 7.79. The Hall–Kier alpha value is -0.530. The second kappa shape index (κ2) is 2.84. The second-order valence-electron chi connectivity index (χ2n) is 3.85. The standard InChI is InChI=1S/C9H17NO/c1-7(2)9(8(3)4)5-6-10-11-9/h6-8H,5H2,1-4H3. The van der Waals surface area contributed by atoms with E-state index in [0.717, 1.165) is 6.42 Å². The quantitative estimate of drug-likeness (QED) is 0.600. The van der Waals surface area contributed by atoms with Gasteiger partial charge in [-0.05, 0) is 11.8 Å². The van der Waals surface area contributed by atoms with Gasteiger partial charge in [0, 0.05) is 12.6 Å². The first-order valence-electron chi connectivity index (χ1n) is 4.29. The fourth-order valence-corrected chi connectivity index (χ4v) is 1.70. The molecule has 0 aliphatic carbocycles. The number of nitrogens with zero attached hydrogens (tertiary/aromatic N) is 1. The molecule has 0 radical (unpaired) electrons. The second-order valence-corrected chi connectivity index (χ2v) is 3.85. The monoisotopic (exact) mass is 155 g/mol. The van der Waals surface area contributed by atoms with Crippen molar-refractivity contribution in [3.8, 4) is 0 Å². The summed E-state index contributed by atoms with van der Waals surface area (Å²) < 4.78 is 0. The Balaban J connectivity index is 2.73. The van der Waals surface area contributed by atoms with Crippen LogP contribution in [0.25, 0.3) is 0 Å². The molecule has 64 valence electrons. The van der Waals surface area contributed by atoms with Crippen LogP contribution in [0.4, 0.5) is 0 Å². The van der Waals surface area contributed by atoms with Crippen molar-refractivity contribution in [1.29, 1.82) is 0 Å². The van der Waals surface area contributed by atoms with Crippen LogP contribution in [0.5, 0.6) is 0 Å². The van der Waals surface area contributed by atoms with Crippen LogP contribution in [0.3, 0.4) is 0 Å². The van der Waals surface area contributed by atoms with Gasteiger partial charge < -0.3 is 4.84 Å². The molecule has 0 N–H and O–H groups in total. The van der Waals surface area contributed by atoms with Crippen molar-refractivity contribution in [2.24, 2.45) is 17.0 Å². The Bertz CT molecular complexity index is 143. The lowest BCUT2D eigenvalue weighted by atomic mass is 9.78. The van der Waals surface area contributed by atoms with Gasteiger partial charge in [0.1, 0.15) is 5.60 Å². The highest BCUT2D eigenvalue weighted by molar-refractivity contribution is 5.60. The minimum atomic E-state index is -0.0278. The third-order valence-electron chi connectivity index (χ3n) is 2.66. The van der Waals surface area contributed by atoms with E-state index < -0.39 is 0 Å². The third-order valence-corrected chi connectivity index (χ3v) is 2.66. The Morgan fingerprint density at radius 2 is 1.82 bits per heavy atom. The van der Waals surface area contributed by atoms with Gasteiger partial charge in [-0.2, -0.15) is 0 Å². The largest absolute Gasteiger partial charge is 0.389 e. The van der Waals surface area contributed by atoms with Gasteiger partial charge in [-0.15, -0.1) is 0 Å². The van der Waals surface area contributed by atoms with E-state index in [9.17, 15) is 0 Å². The molecule has 0 spiro atoms. The van der Waals surface area contributed by atoms with E-state index in [4.69, 9.17) is 4.84 Å². The predicted octanol–water partition coefficient (Wildman–Crippen LogP) is 2.44. The lowest BCUT2D eigenvalue weighted by molar-refractivity contribution is -0.0869. The molecule has 1 aliphatic heterocycles. The molecule has 0 fully saturated rings. The van der Waals surface area contributed by atoms with Gasteiger partial charge in [0.05, 0.1) is 0 Å². The maximum absolute atomic E-state index is 5.43. The minimum Gasteiger partial charge on any atom is -0.389 e. The van der Waals surface area contributed by atoms with Crippen molar-refractivity contribution < 1.29 is 4.84 Å². The van der Waals surface area contributed by atoms with Crippen LogP contribution in [0.2, 0.25) is 0 Å². The SMILES string of the molecule is CC(C)C1(C(C)C)CC=NO1. The smallest absolute Gasteiger partial charge is 0.147 e. The normalized spacial score (nSPS) is 21.3. The molecule has 2 heteroatoms. The van der Waals surface area contributed by atoms with Crippen LogP contribution < -0.4 is 0 Å². The zero-order valence-electron chi connectivity index (χ0n) is 7.79. The van der Waals surface area contributed by atoms with Crippen molar-refractivity contribution in [1.82, 2.24) is 0 Å². The molecule has 0 saturated carbocycles. The average molecular weight is 155 g/mol. The summed E-state index contributed by atoms with van der Waals surface area (Å²) in [7, 11) is 0. The van der Waals surface area contributed by atoms with Gasteiger partial charge in [0.15, 0.2) is 0 Å². The molecule has 0 bridgehead atoms. The molecule has 0 saturated heterocycles. The Morgan fingerprint density at radius 3 is 2.00 bits per heavy atom. The summed E-state index contributed by atoms with van der Waals surface area (Å²) in [4.78, 5) is 5.43. The van der Waals surface area contributed by atoms with E-state index in [1.165, 1.54) is 0 Å². The number of oxime groups is 1. The van der Waals surface area contributed by atoms with Crippen LogP contribution >= 0.6 is 0 Å². The summed E-state index contributed by atoms with van der Waals surface area (Å²) in [6.45, 7) is 8.76. The van der Waals surface area contributed by atoms with E-state index in [-0.39, 0.29) is 5.60 Å². The lowest BCUT2D eigenvalue weighted by Crippen LogP contribution is -2.40. The summed E-state index contributed by atoms with van der Waals surface area (Å²) in [5, 5.41) is 3.85. The molecule has 0 aromatic rings.